The Hall–Kier alpha value is -7.86. The first-order chi connectivity index (χ1) is 27.2. The Kier molecular flexibility index (Phi) is 6.61. The van der Waals surface area contributed by atoms with Gasteiger partial charge in [-0.3, -0.25) is 0 Å². The van der Waals surface area contributed by atoms with E-state index in [1.54, 1.807) is 6.07 Å². The second-order valence-electron chi connectivity index (χ2n) is 13.9. The highest BCUT2D eigenvalue weighted by Gasteiger charge is 2.27. The number of para-hydroxylation sites is 6. The quantitative estimate of drug-likeness (QED) is 0.169. The minimum Gasteiger partial charge on any atom is -0.307 e. The maximum absolute atomic E-state index is 10.2. The van der Waals surface area contributed by atoms with Crippen LogP contribution in [0.2, 0.25) is 0 Å². The Morgan fingerprint density at radius 2 is 0.800 bits per heavy atom. The molecule has 0 amide bonds. The highest BCUT2D eigenvalue weighted by molar-refractivity contribution is 6.14. The largest absolute Gasteiger partial charge is 0.307 e. The van der Waals surface area contributed by atoms with Gasteiger partial charge in [-0.25, -0.2) is 4.85 Å². The molecule has 11 aromatic rings. The van der Waals surface area contributed by atoms with Crippen molar-refractivity contribution in [1.82, 2.24) is 13.7 Å². The van der Waals surface area contributed by atoms with Gasteiger partial charge in [-0.2, -0.15) is 5.26 Å². The van der Waals surface area contributed by atoms with Crippen molar-refractivity contribution < 1.29 is 0 Å². The summed E-state index contributed by atoms with van der Waals surface area (Å²) >= 11 is 0. The molecule has 0 radical (unpaired) electrons. The standard InChI is InChI=1S/C50H29N5/c1-52-34-29-32(31-51)28-33(30-34)35-26-27-48(53-42-20-8-2-14-36(42)37-15-3-9-21-43(37)53)50(55-46-24-12-6-18-40(46)41-19-7-13-25-47(41)55)49(35)54-44-22-10-4-16-38(44)39-17-5-11-23-45(39)54/h2-30H. The molecular formula is C50H29N5. The number of hydrogen-bond acceptors (Lipinski definition) is 1. The summed E-state index contributed by atoms with van der Waals surface area (Å²) in [6.45, 7) is 8.00. The first-order valence-electron chi connectivity index (χ1n) is 18.3. The van der Waals surface area contributed by atoms with Crippen molar-refractivity contribution in [2.75, 3.05) is 0 Å². The van der Waals surface area contributed by atoms with Gasteiger partial charge >= 0.3 is 0 Å². The summed E-state index contributed by atoms with van der Waals surface area (Å²) < 4.78 is 7.23. The van der Waals surface area contributed by atoms with Gasteiger partial charge in [-0.15, -0.1) is 0 Å². The van der Waals surface area contributed by atoms with Crippen molar-refractivity contribution in [1.29, 1.82) is 5.26 Å². The monoisotopic (exact) mass is 699 g/mol. The molecule has 11 rings (SSSR count). The van der Waals surface area contributed by atoms with Crippen molar-refractivity contribution in [3.63, 3.8) is 0 Å². The van der Waals surface area contributed by atoms with E-state index >= 15 is 0 Å². The third-order valence-corrected chi connectivity index (χ3v) is 11.0. The van der Waals surface area contributed by atoms with E-state index in [1.165, 1.54) is 10.8 Å². The maximum Gasteiger partial charge on any atom is 0.189 e. The van der Waals surface area contributed by atoms with Crippen LogP contribution in [0.4, 0.5) is 5.69 Å². The molecule has 0 spiro atoms. The molecule has 55 heavy (non-hydrogen) atoms. The highest BCUT2D eigenvalue weighted by atomic mass is 15.1. The molecule has 3 aromatic heterocycles. The SMILES string of the molecule is [C-]#[N+]c1cc(C#N)cc(-c2ccc(-n3c4ccccc4c4ccccc43)c(-n3c4ccccc4c4ccccc43)c2-n2c3ccccc3c3ccccc32)c1. The van der Waals surface area contributed by atoms with Gasteiger partial charge in [-0.1, -0.05) is 115 Å². The normalized spacial score (nSPS) is 11.6. The zero-order valence-corrected chi connectivity index (χ0v) is 29.5. The van der Waals surface area contributed by atoms with Crippen LogP contribution in [0.5, 0.6) is 0 Å². The van der Waals surface area contributed by atoms with Gasteiger partial charge in [0.2, 0.25) is 0 Å². The fourth-order valence-electron chi connectivity index (χ4n) is 8.83. The summed E-state index contributed by atoms with van der Waals surface area (Å²) in [5.41, 5.74) is 12.0. The van der Waals surface area contributed by atoms with E-state index in [0.717, 1.165) is 82.8 Å². The van der Waals surface area contributed by atoms with Crippen LogP contribution in [0.1, 0.15) is 5.56 Å². The first kappa shape index (κ1) is 30.7. The summed E-state index contributed by atoms with van der Waals surface area (Å²) in [5.74, 6) is 0. The van der Waals surface area contributed by atoms with Gasteiger partial charge in [-0.05, 0) is 66.2 Å². The van der Waals surface area contributed by atoms with Crippen molar-refractivity contribution in [3.05, 3.63) is 193 Å². The average molecular weight is 700 g/mol. The molecule has 5 heteroatoms. The second-order valence-corrected chi connectivity index (χ2v) is 13.9. The Balaban J connectivity index is 1.45. The predicted molar refractivity (Wildman–Crippen MR) is 226 cm³/mol. The number of benzene rings is 8. The average Bonchev–Trinajstić information content (AvgIpc) is 3.89. The number of hydrogen-bond donors (Lipinski definition) is 0. The molecule has 0 N–H and O–H groups in total. The summed E-state index contributed by atoms with van der Waals surface area (Å²) in [6, 6.07) is 63.9. The predicted octanol–water partition coefficient (Wildman–Crippen LogP) is 13.1. The molecule has 0 bridgehead atoms. The van der Waals surface area contributed by atoms with Crippen molar-refractivity contribution in [3.8, 4) is 34.3 Å². The number of aromatic nitrogens is 3. The van der Waals surface area contributed by atoms with Crippen molar-refractivity contribution >= 4 is 71.1 Å². The Morgan fingerprint density at radius 1 is 0.418 bits per heavy atom. The van der Waals surface area contributed by atoms with Gasteiger partial charge < -0.3 is 13.7 Å². The first-order valence-corrected chi connectivity index (χ1v) is 18.3. The van der Waals surface area contributed by atoms with Crippen LogP contribution in [0.25, 0.3) is 98.5 Å². The third-order valence-electron chi connectivity index (χ3n) is 11.0. The number of rotatable bonds is 4. The van der Waals surface area contributed by atoms with E-state index in [4.69, 9.17) is 6.57 Å². The zero-order chi connectivity index (χ0) is 36.6. The summed E-state index contributed by atoms with van der Waals surface area (Å²) in [6.07, 6.45) is 0. The fraction of sp³-hybridized carbons (Fsp3) is 0. The molecule has 0 aliphatic carbocycles. The van der Waals surface area contributed by atoms with Gasteiger partial charge in [0.15, 0.2) is 5.69 Å². The minimum atomic E-state index is 0.423. The van der Waals surface area contributed by atoms with Gasteiger partial charge in [0.25, 0.3) is 0 Å². The topological polar surface area (TPSA) is 42.9 Å². The molecule has 8 aromatic carbocycles. The lowest BCUT2D eigenvalue weighted by Gasteiger charge is -2.25. The number of fused-ring (bicyclic) bond motifs is 9. The molecule has 0 aliphatic heterocycles. The Labute approximate surface area is 316 Å². The third kappa shape index (κ3) is 4.39. The van der Waals surface area contributed by atoms with Crippen molar-refractivity contribution in [2.24, 2.45) is 0 Å². The van der Waals surface area contributed by atoms with E-state index < -0.39 is 0 Å². The summed E-state index contributed by atoms with van der Waals surface area (Å²) in [5, 5.41) is 17.2. The lowest BCUT2D eigenvalue weighted by molar-refractivity contribution is 1.05. The van der Waals surface area contributed by atoms with E-state index in [0.29, 0.717) is 11.3 Å². The molecule has 0 aliphatic rings. The van der Waals surface area contributed by atoms with E-state index in [2.05, 4.69) is 182 Å². The van der Waals surface area contributed by atoms with E-state index in [9.17, 15) is 5.26 Å². The van der Waals surface area contributed by atoms with Crippen molar-refractivity contribution in [2.45, 2.75) is 0 Å². The van der Waals surface area contributed by atoms with Crippen LogP contribution in [0, 0.1) is 17.9 Å². The van der Waals surface area contributed by atoms with Gasteiger partial charge in [0.1, 0.15) is 0 Å². The fourth-order valence-corrected chi connectivity index (χ4v) is 8.83. The van der Waals surface area contributed by atoms with Crippen LogP contribution >= 0.6 is 0 Å². The van der Waals surface area contributed by atoms with Gasteiger partial charge in [0.05, 0.1) is 62.8 Å². The number of nitriles is 1. The zero-order valence-electron chi connectivity index (χ0n) is 29.5. The second kappa shape index (κ2) is 11.8. The summed E-state index contributed by atoms with van der Waals surface area (Å²) in [4.78, 5) is 3.82. The van der Waals surface area contributed by atoms with Crippen LogP contribution in [0.15, 0.2) is 176 Å². The van der Waals surface area contributed by atoms with Crippen LogP contribution < -0.4 is 0 Å². The smallest absolute Gasteiger partial charge is 0.189 e. The lowest BCUT2D eigenvalue weighted by atomic mass is 9.98. The van der Waals surface area contributed by atoms with Crippen LogP contribution in [-0.2, 0) is 0 Å². The summed E-state index contributed by atoms with van der Waals surface area (Å²) in [7, 11) is 0. The molecule has 3 heterocycles. The molecule has 0 fully saturated rings. The molecule has 0 saturated carbocycles. The Morgan fingerprint density at radius 3 is 1.20 bits per heavy atom. The van der Waals surface area contributed by atoms with Crippen LogP contribution in [0.3, 0.4) is 0 Å². The highest BCUT2D eigenvalue weighted by Crippen LogP contribution is 2.46. The van der Waals surface area contributed by atoms with Crippen LogP contribution in [-0.4, -0.2) is 13.7 Å². The number of nitrogens with zero attached hydrogens (tertiary/aromatic N) is 5. The lowest BCUT2D eigenvalue weighted by Crippen LogP contribution is -2.10. The van der Waals surface area contributed by atoms with E-state index in [1.807, 2.05) is 12.1 Å². The molecule has 0 unspecified atom stereocenters. The Bertz CT molecular complexity index is 3280. The molecule has 254 valence electrons. The minimum absolute atomic E-state index is 0.423. The van der Waals surface area contributed by atoms with Gasteiger partial charge in [0, 0.05) is 43.4 Å². The molecule has 0 atom stereocenters. The maximum atomic E-state index is 10.2. The molecule has 5 nitrogen and oxygen atoms in total. The molecular weight excluding hydrogens is 671 g/mol. The van der Waals surface area contributed by atoms with E-state index in [-0.39, 0.29) is 0 Å². The molecule has 0 saturated heterocycles.